The summed E-state index contributed by atoms with van der Waals surface area (Å²) in [6.45, 7) is 2.75. The van der Waals surface area contributed by atoms with E-state index in [0.29, 0.717) is 6.54 Å². The van der Waals surface area contributed by atoms with E-state index in [4.69, 9.17) is 5.73 Å². The second-order valence-corrected chi connectivity index (χ2v) is 3.75. The summed E-state index contributed by atoms with van der Waals surface area (Å²) in [4.78, 5) is 0. The molecule has 0 saturated carbocycles. The summed E-state index contributed by atoms with van der Waals surface area (Å²) >= 11 is 4.36. The molecule has 0 radical (unpaired) electrons. The summed E-state index contributed by atoms with van der Waals surface area (Å²) in [5.41, 5.74) is 8.17. The molecule has 1 nitrogen and oxygen atoms in total. The zero-order valence-electron chi connectivity index (χ0n) is 7.33. The third kappa shape index (κ3) is 2.54. The van der Waals surface area contributed by atoms with E-state index in [1.807, 2.05) is 0 Å². The van der Waals surface area contributed by atoms with E-state index in [0.717, 1.165) is 6.42 Å². The maximum Gasteiger partial charge on any atom is 0.0180 e. The lowest BCUT2D eigenvalue weighted by molar-refractivity contribution is 0.854. The van der Waals surface area contributed by atoms with E-state index >= 15 is 0 Å². The monoisotopic (exact) mass is 181 g/mol. The molecular formula is C10H15NS. The van der Waals surface area contributed by atoms with Gasteiger partial charge in [-0.25, -0.2) is 0 Å². The number of thiol groups is 1. The number of nitrogens with two attached hydrogens (primary N) is 1. The van der Waals surface area contributed by atoms with Gasteiger partial charge < -0.3 is 5.73 Å². The van der Waals surface area contributed by atoms with Crippen LogP contribution in [0.2, 0.25) is 0 Å². The normalized spacial score (nSPS) is 12.9. The van der Waals surface area contributed by atoms with E-state index in [9.17, 15) is 0 Å². The van der Waals surface area contributed by atoms with Gasteiger partial charge in [0.1, 0.15) is 0 Å². The Morgan fingerprint density at radius 1 is 1.42 bits per heavy atom. The Bertz CT molecular complexity index is 247. The minimum atomic E-state index is 0.283. The highest BCUT2D eigenvalue weighted by atomic mass is 32.1. The van der Waals surface area contributed by atoms with Crippen LogP contribution in [0.4, 0.5) is 0 Å². The van der Waals surface area contributed by atoms with Gasteiger partial charge in [0.05, 0.1) is 0 Å². The lowest BCUT2D eigenvalue weighted by Gasteiger charge is -2.09. The predicted molar refractivity (Wildman–Crippen MR) is 56.7 cm³/mol. The van der Waals surface area contributed by atoms with Gasteiger partial charge in [-0.1, -0.05) is 24.3 Å². The van der Waals surface area contributed by atoms with Gasteiger partial charge >= 0.3 is 0 Å². The number of hydrogen-bond donors (Lipinski definition) is 2. The summed E-state index contributed by atoms with van der Waals surface area (Å²) in [6, 6.07) is 8.36. The highest BCUT2D eigenvalue weighted by Gasteiger charge is 2.03. The molecule has 0 aliphatic rings. The number of benzene rings is 1. The second-order valence-electron chi connectivity index (χ2n) is 3.02. The van der Waals surface area contributed by atoms with Gasteiger partial charge in [0.15, 0.2) is 0 Å². The molecule has 1 aromatic carbocycles. The smallest absolute Gasteiger partial charge is 0.0180 e. The van der Waals surface area contributed by atoms with Crippen LogP contribution in [-0.4, -0.2) is 11.8 Å². The second kappa shape index (κ2) is 4.53. The van der Waals surface area contributed by atoms with E-state index < -0.39 is 0 Å². The molecule has 0 bridgehead atoms. The van der Waals surface area contributed by atoms with E-state index in [2.05, 4.69) is 43.8 Å². The van der Waals surface area contributed by atoms with Gasteiger partial charge in [0, 0.05) is 11.8 Å². The average Bonchev–Trinajstić information content (AvgIpc) is 2.09. The molecular weight excluding hydrogens is 166 g/mol. The minimum Gasteiger partial charge on any atom is -0.329 e. The molecule has 1 rings (SSSR count). The fourth-order valence-corrected chi connectivity index (χ4v) is 1.37. The predicted octanol–water partition coefficient (Wildman–Crippen LogP) is 1.79. The van der Waals surface area contributed by atoms with Crippen molar-refractivity contribution in [1.29, 1.82) is 0 Å². The van der Waals surface area contributed by atoms with Gasteiger partial charge in [-0.05, 0) is 24.5 Å². The molecule has 0 aromatic heterocycles. The van der Waals surface area contributed by atoms with Crippen LogP contribution in [0.1, 0.15) is 11.1 Å². The van der Waals surface area contributed by atoms with Crippen molar-refractivity contribution in [3.05, 3.63) is 35.4 Å². The van der Waals surface area contributed by atoms with E-state index in [1.165, 1.54) is 11.1 Å². The van der Waals surface area contributed by atoms with Gasteiger partial charge in [0.2, 0.25) is 0 Å². The molecule has 1 atom stereocenters. The largest absolute Gasteiger partial charge is 0.329 e. The highest BCUT2D eigenvalue weighted by Crippen LogP contribution is 2.11. The van der Waals surface area contributed by atoms with Crippen molar-refractivity contribution in [3.8, 4) is 0 Å². The third-order valence-electron chi connectivity index (χ3n) is 1.99. The maximum absolute atomic E-state index is 5.49. The first-order chi connectivity index (χ1) is 5.74. The molecule has 0 saturated heterocycles. The molecule has 0 aliphatic carbocycles. The van der Waals surface area contributed by atoms with Gasteiger partial charge in [-0.3, -0.25) is 0 Å². The topological polar surface area (TPSA) is 26.0 Å². The highest BCUT2D eigenvalue weighted by molar-refractivity contribution is 7.81. The molecule has 0 heterocycles. The zero-order chi connectivity index (χ0) is 8.97. The van der Waals surface area contributed by atoms with Crippen molar-refractivity contribution in [1.82, 2.24) is 0 Å². The average molecular weight is 181 g/mol. The van der Waals surface area contributed by atoms with Crippen LogP contribution in [0.25, 0.3) is 0 Å². The Balaban J connectivity index is 2.69. The Hall–Kier alpha value is -0.470. The Kier molecular flexibility index (Phi) is 3.63. The maximum atomic E-state index is 5.49. The summed E-state index contributed by atoms with van der Waals surface area (Å²) in [7, 11) is 0. The van der Waals surface area contributed by atoms with Gasteiger partial charge in [-0.15, -0.1) is 0 Å². The van der Waals surface area contributed by atoms with Crippen molar-refractivity contribution < 1.29 is 0 Å². The van der Waals surface area contributed by atoms with Crippen LogP contribution < -0.4 is 5.73 Å². The fourth-order valence-electron chi connectivity index (χ4n) is 1.18. The van der Waals surface area contributed by atoms with Crippen molar-refractivity contribution >= 4 is 12.6 Å². The summed E-state index contributed by atoms with van der Waals surface area (Å²) < 4.78 is 0. The lowest BCUT2D eigenvalue weighted by Crippen LogP contribution is -2.17. The van der Waals surface area contributed by atoms with Crippen LogP contribution >= 0.6 is 12.6 Å². The lowest BCUT2D eigenvalue weighted by atomic mass is 10.0. The van der Waals surface area contributed by atoms with Crippen LogP contribution in [0.3, 0.4) is 0 Å². The van der Waals surface area contributed by atoms with Crippen LogP contribution in [0.15, 0.2) is 24.3 Å². The molecule has 12 heavy (non-hydrogen) atoms. The molecule has 1 aromatic rings. The summed E-state index contributed by atoms with van der Waals surface area (Å²) in [6.07, 6.45) is 0.965. The first-order valence-corrected chi connectivity index (χ1v) is 4.68. The molecule has 0 fully saturated rings. The first kappa shape index (κ1) is 9.62. The Morgan fingerprint density at radius 2 is 2.08 bits per heavy atom. The third-order valence-corrected chi connectivity index (χ3v) is 2.38. The molecule has 0 aliphatic heterocycles. The number of rotatable bonds is 3. The SMILES string of the molecule is Cc1ccccc1CC(S)CN. The van der Waals surface area contributed by atoms with Crippen molar-refractivity contribution in [2.75, 3.05) is 6.54 Å². The zero-order valence-corrected chi connectivity index (χ0v) is 8.22. The Labute approximate surface area is 79.4 Å². The fraction of sp³-hybridized carbons (Fsp3) is 0.400. The molecule has 0 amide bonds. The van der Waals surface area contributed by atoms with Crippen LogP contribution in [-0.2, 0) is 6.42 Å². The van der Waals surface area contributed by atoms with Crippen LogP contribution in [0.5, 0.6) is 0 Å². The summed E-state index contributed by atoms with van der Waals surface area (Å²) in [5.74, 6) is 0. The summed E-state index contributed by atoms with van der Waals surface area (Å²) in [5, 5.41) is 0.283. The Morgan fingerprint density at radius 3 is 2.67 bits per heavy atom. The number of aryl methyl sites for hydroxylation is 1. The first-order valence-electron chi connectivity index (χ1n) is 4.16. The van der Waals surface area contributed by atoms with E-state index in [-0.39, 0.29) is 5.25 Å². The standard InChI is InChI=1S/C10H15NS/c1-8-4-2-3-5-9(8)6-10(12)7-11/h2-5,10,12H,6-7,11H2,1H3. The molecule has 2 heteroatoms. The van der Waals surface area contributed by atoms with Crippen molar-refractivity contribution in [2.24, 2.45) is 5.73 Å². The van der Waals surface area contributed by atoms with Crippen LogP contribution in [0, 0.1) is 6.92 Å². The molecule has 2 N–H and O–H groups in total. The molecule has 1 unspecified atom stereocenters. The molecule has 0 spiro atoms. The van der Waals surface area contributed by atoms with Crippen molar-refractivity contribution in [3.63, 3.8) is 0 Å². The van der Waals surface area contributed by atoms with Gasteiger partial charge in [0.25, 0.3) is 0 Å². The quantitative estimate of drug-likeness (QED) is 0.683. The van der Waals surface area contributed by atoms with Gasteiger partial charge in [-0.2, -0.15) is 12.6 Å². The van der Waals surface area contributed by atoms with Crippen molar-refractivity contribution in [2.45, 2.75) is 18.6 Å². The number of hydrogen-bond acceptors (Lipinski definition) is 2. The minimum absolute atomic E-state index is 0.283. The van der Waals surface area contributed by atoms with E-state index in [1.54, 1.807) is 0 Å². The molecule has 66 valence electrons.